The Bertz CT molecular complexity index is 596. The molecule has 0 heterocycles. The van der Waals surface area contributed by atoms with Gasteiger partial charge in [0.25, 0.3) is 0 Å². The molecule has 0 spiro atoms. The predicted octanol–water partition coefficient (Wildman–Crippen LogP) is 6.96. The number of halogens is 2. The van der Waals surface area contributed by atoms with Crippen LogP contribution in [0.5, 0.6) is 0 Å². The topological polar surface area (TPSA) is 0 Å². The molecular weight excluding hydrogens is 376 g/mol. The molecule has 0 aromatic heterocycles. The Kier molecular flexibility index (Phi) is 4.12. The summed E-state index contributed by atoms with van der Waals surface area (Å²) in [6.45, 7) is 13.6. The zero-order valence-corrected chi connectivity index (χ0v) is 16.2. The van der Waals surface area contributed by atoms with Gasteiger partial charge in [-0.3, -0.25) is 0 Å². The van der Waals surface area contributed by atoms with E-state index in [2.05, 4.69) is 97.7 Å². The van der Waals surface area contributed by atoms with Gasteiger partial charge >= 0.3 is 0 Å². The summed E-state index contributed by atoms with van der Waals surface area (Å²) < 4.78 is 2.39. The summed E-state index contributed by atoms with van der Waals surface area (Å²) in [5.41, 5.74) is 2.99. The lowest BCUT2D eigenvalue weighted by Gasteiger charge is -2.28. The zero-order chi connectivity index (χ0) is 15.3. The highest BCUT2D eigenvalue weighted by Crippen LogP contribution is 2.42. The van der Waals surface area contributed by atoms with E-state index in [4.69, 9.17) is 0 Å². The van der Waals surface area contributed by atoms with E-state index in [9.17, 15) is 0 Å². The normalized spacial score (nSPS) is 13.0. The molecule has 0 saturated carbocycles. The third kappa shape index (κ3) is 2.82. The van der Waals surface area contributed by atoms with Crippen LogP contribution in [0.25, 0.3) is 10.8 Å². The first-order chi connectivity index (χ1) is 9.03. The number of hydrogen-bond acceptors (Lipinski definition) is 0. The van der Waals surface area contributed by atoms with Crippen molar-refractivity contribution in [3.63, 3.8) is 0 Å². The molecule has 0 aliphatic heterocycles. The lowest BCUT2D eigenvalue weighted by molar-refractivity contribution is 0.587. The Labute approximate surface area is 139 Å². The molecule has 0 aliphatic rings. The maximum Gasteiger partial charge on any atom is 0.0219 e. The molecular formula is C18H22Br2. The first kappa shape index (κ1) is 16.0. The summed E-state index contributed by atoms with van der Waals surface area (Å²) in [6, 6.07) is 8.84. The SMILES string of the molecule is CC(C)(C)c1c(Br)ccc2c(C(C)(C)C)c(Br)ccc12. The van der Waals surface area contributed by atoms with Gasteiger partial charge in [-0.05, 0) is 44.9 Å². The van der Waals surface area contributed by atoms with Crippen LogP contribution < -0.4 is 0 Å². The standard InChI is InChI=1S/C18H22Br2/c1-17(2,3)15-11-7-10-14(20)16(18(4,5)6)12(11)8-9-13(15)19/h7-10H,1-6H3. The van der Waals surface area contributed by atoms with Crippen molar-refractivity contribution in [2.75, 3.05) is 0 Å². The van der Waals surface area contributed by atoms with E-state index < -0.39 is 0 Å². The Morgan fingerprint density at radius 1 is 0.600 bits per heavy atom. The Hall–Kier alpha value is -0.340. The van der Waals surface area contributed by atoms with Gasteiger partial charge in [0.2, 0.25) is 0 Å². The molecule has 0 atom stereocenters. The molecule has 0 N–H and O–H groups in total. The summed E-state index contributed by atoms with van der Waals surface area (Å²) in [5.74, 6) is 0. The van der Waals surface area contributed by atoms with E-state index in [1.165, 1.54) is 30.8 Å². The van der Waals surface area contributed by atoms with Crippen LogP contribution in [0.1, 0.15) is 52.7 Å². The van der Waals surface area contributed by atoms with Gasteiger partial charge in [-0.15, -0.1) is 0 Å². The Balaban J connectivity index is 2.97. The molecule has 0 bridgehead atoms. The van der Waals surface area contributed by atoms with Crippen LogP contribution in [0.4, 0.5) is 0 Å². The van der Waals surface area contributed by atoms with Gasteiger partial charge in [-0.1, -0.05) is 85.5 Å². The van der Waals surface area contributed by atoms with E-state index in [1.807, 2.05) is 0 Å². The molecule has 0 nitrogen and oxygen atoms in total. The summed E-state index contributed by atoms with van der Waals surface area (Å²) in [6.07, 6.45) is 0. The van der Waals surface area contributed by atoms with Crippen LogP contribution in [0.2, 0.25) is 0 Å². The molecule has 0 aliphatic carbocycles. The van der Waals surface area contributed by atoms with Gasteiger partial charge in [0.15, 0.2) is 0 Å². The van der Waals surface area contributed by atoms with Crippen molar-refractivity contribution in [2.45, 2.75) is 52.4 Å². The third-order valence-electron chi connectivity index (χ3n) is 3.60. The highest BCUT2D eigenvalue weighted by Gasteiger charge is 2.25. The lowest BCUT2D eigenvalue weighted by atomic mass is 9.79. The fraction of sp³-hybridized carbons (Fsp3) is 0.444. The van der Waals surface area contributed by atoms with Crippen molar-refractivity contribution < 1.29 is 0 Å². The highest BCUT2D eigenvalue weighted by atomic mass is 79.9. The fourth-order valence-corrected chi connectivity index (χ4v) is 4.76. The van der Waals surface area contributed by atoms with E-state index in [0.717, 1.165) is 0 Å². The quantitative estimate of drug-likeness (QED) is 0.450. The Morgan fingerprint density at radius 2 is 0.900 bits per heavy atom. The maximum absolute atomic E-state index is 3.74. The summed E-state index contributed by atoms with van der Waals surface area (Å²) in [4.78, 5) is 0. The van der Waals surface area contributed by atoms with Crippen LogP contribution in [0, 0.1) is 0 Å². The summed E-state index contributed by atoms with van der Waals surface area (Å²) in [5, 5.41) is 2.69. The molecule has 0 fully saturated rings. The smallest absolute Gasteiger partial charge is 0.0219 e. The minimum absolute atomic E-state index is 0.112. The number of rotatable bonds is 0. The van der Waals surface area contributed by atoms with Crippen molar-refractivity contribution in [3.8, 4) is 0 Å². The summed E-state index contributed by atoms with van der Waals surface area (Å²) >= 11 is 7.47. The summed E-state index contributed by atoms with van der Waals surface area (Å²) in [7, 11) is 0. The molecule has 0 radical (unpaired) electrons. The third-order valence-corrected chi connectivity index (χ3v) is 4.92. The van der Waals surface area contributed by atoms with Crippen molar-refractivity contribution in [2.24, 2.45) is 0 Å². The molecule has 2 heteroatoms. The van der Waals surface area contributed by atoms with E-state index in [0.29, 0.717) is 0 Å². The van der Waals surface area contributed by atoms with Crippen molar-refractivity contribution in [1.82, 2.24) is 0 Å². The predicted molar refractivity (Wildman–Crippen MR) is 96.7 cm³/mol. The van der Waals surface area contributed by atoms with E-state index in [-0.39, 0.29) is 10.8 Å². The minimum atomic E-state index is 0.112. The maximum atomic E-state index is 3.74. The monoisotopic (exact) mass is 396 g/mol. The van der Waals surface area contributed by atoms with Gasteiger partial charge in [0.05, 0.1) is 0 Å². The Morgan fingerprint density at radius 3 is 1.15 bits per heavy atom. The van der Waals surface area contributed by atoms with Crippen molar-refractivity contribution in [3.05, 3.63) is 44.3 Å². The molecule has 2 rings (SSSR count). The second-order valence-corrected chi connectivity index (χ2v) is 9.15. The van der Waals surface area contributed by atoms with Gasteiger partial charge in [0, 0.05) is 8.95 Å². The van der Waals surface area contributed by atoms with Crippen molar-refractivity contribution >= 4 is 42.6 Å². The molecule has 0 saturated heterocycles. The second-order valence-electron chi connectivity index (χ2n) is 7.44. The van der Waals surface area contributed by atoms with E-state index >= 15 is 0 Å². The minimum Gasteiger partial charge on any atom is -0.0560 e. The van der Waals surface area contributed by atoms with Gasteiger partial charge in [-0.25, -0.2) is 0 Å². The number of hydrogen-bond donors (Lipinski definition) is 0. The number of benzene rings is 2. The van der Waals surface area contributed by atoms with Crippen LogP contribution in [-0.4, -0.2) is 0 Å². The van der Waals surface area contributed by atoms with E-state index in [1.54, 1.807) is 0 Å². The first-order valence-electron chi connectivity index (χ1n) is 6.95. The largest absolute Gasteiger partial charge is 0.0560 e. The van der Waals surface area contributed by atoms with Crippen LogP contribution >= 0.6 is 31.9 Å². The number of fused-ring (bicyclic) bond motifs is 1. The molecule has 108 valence electrons. The molecule has 0 amide bonds. The van der Waals surface area contributed by atoms with Crippen LogP contribution in [0.15, 0.2) is 33.2 Å². The van der Waals surface area contributed by atoms with Crippen LogP contribution in [0.3, 0.4) is 0 Å². The average molecular weight is 398 g/mol. The van der Waals surface area contributed by atoms with Crippen molar-refractivity contribution in [1.29, 1.82) is 0 Å². The first-order valence-corrected chi connectivity index (χ1v) is 8.54. The zero-order valence-electron chi connectivity index (χ0n) is 13.1. The second kappa shape index (κ2) is 5.14. The average Bonchev–Trinajstić information content (AvgIpc) is 2.25. The molecule has 2 aromatic carbocycles. The molecule has 2 aromatic rings. The van der Waals surface area contributed by atoms with Gasteiger partial charge in [0.1, 0.15) is 0 Å². The van der Waals surface area contributed by atoms with Gasteiger partial charge < -0.3 is 0 Å². The molecule has 0 unspecified atom stereocenters. The lowest BCUT2D eigenvalue weighted by Crippen LogP contribution is -2.16. The highest BCUT2D eigenvalue weighted by molar-refractivity contribution is 9.10. The van der Waals surface area contributed by atoms with Crippen LogP contribution in [-0.2, 0) is 10.8 Å². The molecule has 20 heavy (non-hydrogen) atoms. The fourth-order valence-electron chi connectivity index (χ4n) is 2.88. The van der Waals surface area contributed by atoms with Gasteiger partial charge in [-0.2, -0.15) is 0 Å².